The number of carbonyl (C=O) groups excluding carboxylic acids is 1. The summed E-state index contributed by atoms with van der Waals surface area (Å²) >= 11 is 0. The van der Waals surface area contributed by atoms with Crippen LogP contribution in [0.4, 0.5) is 0 Å². The molecular formula is C5H7N3O2. The zero-order valence-electron chi connectivity index (χ0n) is 5.50. The van der Waals surface area contributed by atoms with Crippen LogP contribution >= 0.6 is 0 Å². The van der Waals surface area contributed by atoms with E-state index in [9.17, 15) is 9.70 Å². The number of rotatable bonds is 4. The minimum Gasteiger partial charge on any atom is -0.339 e. The lowest BCUT2D eigenvalue weighted by molar-refractivity contribution is -0.110. The molecule has 0 aliphatic carbocycles. The Kier molecular flexibility index (Phi) is 3.05. The van der Waals surface area contributed by atoms with E-state index >= 15 is 0 Å². The zero-order valence-corrected chi connectivity index (χ0v) is 5.50. The number of nitrogens with one attached hydrogen (secondary N) is 1. The lowest BCUT2D eigenvalue weighted by Crippen LogP contribution is -2.42. The Morgan fingerprint density at radius 3 is 2.80 bits per heavy atom. The summed E-state index contributed by atoms with van der Waals surface area (Å²) in [5.74, 6) is 0. The first kappa shape index (κ1) is 8.56. The predicted molar refractivity (Wildman–Crippen MR) is 33.9 cm³/mol. The Morgan fingerprint density at radius 1 is 1.90 bits per heavy atom. The van der Waals surface area contributed by atoms with Gasteiger partial charge in [0, 0.05) is 0 Å². The van der Waals surface area contributed by atoms with E-state index in [-0.39, 0.29) is 6.54 Å². The van der Waals surface area contributed by atoms with Gasteiger partial charge in [0.15, 0.2) is 0 Å². The zero-order chi connectivity index (χ0) is 8.04. The SMILES string of the molecule is CC(C#N)(CN=O)NC=O. The van der Waals surface area contributed by atoms with E-state index in [1.165, 1.54) is 6.92 Å². The topological polar surface area (TPSA) is 82.3 Å². The third-order valence-electron chi connectivity index (χ3n) is 1.01. The molecule has 5 nitrogen and oxygen atoms in total. The summed E-state index contributed by atoms with van der Waals surface area (Å²) in [6.07, 6.45) is 0.369. The number of nitroso groups, excluding NO2 is 1. The second kappa shape index (κ2) is 3.56. The molecule has 0 bridgehead atoms. The quantitative estimate of drug-likeness (QED) is 0.434. The fourth-order valence-electron chi connectivity index (χ4n) is 0.372. The van der Waals surface area contributed by atoms with Crippen LogP contribution in [-0.4, -0.2) is 18.5 Å². The van der Waals surface area contributed by atoms with Gasteiger partial charge in [-0.1, -0.05) is 5.18 Å². The van der Waals surface area contributed by atoms with E-state index in [2.05, 4.69) is 10.5 Å². The predicted octanol–water partition coefficient (Wildman–Crippen LogP) is -0.219. The Bertz CT molecular complexity index is 162. The Balaban J connectivity index is 4.09. The number of amides is 1. The number of nitrogens with zero attached hydrogens (tertiary/aromatic N) is 2. The van der Waals surface area contributed by atoms with Gasteiger partial charge in [-0.15, -0.1) is 0 Å². The highest BCUT2D eigenvalue weighted by atomic mass is 16.3. The molecule has 0 fully saturated rings. The number of nitriles is 1. The smallest absolute Gasteiger partial charge is 0.208 e. The van der Waals surface area contributed by atoms with Crippen LogP contribution < -0.4 is 5.32 Å². The molecule has 0 aromatic heterocycles. The van der Waals surface area contributed by atoms with E-state index in [1.807, 2.05) is 0 Å². The molecule has 1 N–H and O–H groups in total. The minimum atomic E-state index is -1.15. The van der Waals surface area contributed by atoms with Gasteiger partial charge in [-0.2, -0.15) is 10.2 Å². The lowest BCUT2D eigenvalue weighted by atomic mass is 10.1. The second-order valence-electron chi connectivity index (χ2n) is 1.99. The van der Waals surface area contributed by atoms with E-state index in [0.717, 1.165) is 0 Å². The van der Waals surface area contributed by atoms with Gasteiger partial charge < -0.3 is 5.32 Å². The second-order valence-corrected chi connectivity index (χ2v) is 1.99. The lowest BCUT2D eigenvalue weighted by Gasteiger charge is -2.14. The van der Waals surface area contributed by atoms with Crippen molar-refractivity contribution in [2.24, 2.45) is 5.18 Å². The molecule has 5 heteroatoms. The van der Waals surface area contributed by atoms with Crippen molar-refractivity contribution in [3.05, 3.63) is 4.91 Å². The summed E-state index contributed by atoms with van der Waals surface area (Å²) in [7, 11) is 0. The van der Waals surface area contributed by atoms with Crippen molar-refractivity contribution in [1.82, 2.24) is 5.32 Å². The molecule has 0 aromatic carbocycles. The van der Waals surface area contributed by atoms with Crippen LogP contribution in [-0.2, 0) is 4.79 Å². The molecule has 0 heterocycles. The molecule has 0 saturated carbocycles. The molecule has 0 aromatic rings. The van der Waals surface area contributed by atoms with Crippen molar-refractivity contribution in [3.8, 4) is 6.07 Å². The third-order valence-corrected chi connectivity index (χ3v) is 1.01. The standard InChI is InChI=1S/C5H7N3O2/c1-5(2-6,3-8-10)7-4-9/h4H,3H2,1H3,(H,7,9). The molecule has 0 aliphatic rings. The summed E-state index contributed by atoms with van der Waals surface area (Å²) in [5, 5.41) is 13.1. The first-order valence-corrected chi connectivity index (χ1v) is 2.60. The average Bonchev–Trinajstić information content (AvgIpc) is 1.89. The van der Waals surface area contributed by atoms with Crippen molar-refractivity contribution in [1.29, 1.82) is 5.26 Å². The van der Waals surface area contributed by atoms with Crippen molar-refractivity contribution in [2.75, 3.05) is 6.54 Å². The molecule has 0 rings (SSSR count). The van der Waals surface area contributed by atoms with Crippen LogP contribution in [0.15, 0.2) is 5.18 Å². The molecule has 0 saturated heterocycles. The van der Waals surface area contributed by atoms with E-state index in [0.29, 0.717) is 6.41 Å². The third kappa shape index (κ3) is 2.22. The molecule has 1 unspecified atom stereocenters. The van der Waals surface area contributed by atoms with Gasteiger partial charge in [-0.05, 0) is 6.92 Å². The summed E-state index contributed by atoms with van der Waals surface area (Å²) in [4.78, 5) is 19.5. The van der Waals surface area contributed by atoms with Crippen molar-refractivity contribution < 1.29 is 4.79 Å². The fraction of sp³-hybridized carbons (Fsp3) is 0.600. The van der Waals surface area contributed by atoms with Gasteiger partial charge in [0.2, 0.25) is 6.41 Å². The summed E-state index contributed by atoms with van der Waals surface area (Å²) < 4.78 is 0. The maximum atomic E-state index is 9.85. The Labute approximate surface area is 58.0 Å². The van der Waals surface area contributed by atoms with Crippen LogP contribution in [0.1, 0.15) is 6.92 Å². The number of hydrogen-bond donors (Lipinski definition) is 1. The van der Waals surface area contributed by atoms with Crippen molar-refractivity contribution in [3.63, 3.8) is 0 Å². The highest BCUT2D eigenvalue weighted by Gasteiger charge is 2.22. The molecule has 0 aliphatic heterocycles. The van der Waals surface area contributed by atoms with Crippen LogP contribution in [0.5, 0.6) is 0 Å². The van der Waals surface area contributed by atoms with E-state index in [1.54, 1.807) is 6.07 Å². The monoisotopic (exact) mass is 141 g/mol. The van der Waals surface area contributed by atoms with Gasteiger partial charge in [0.25, 0.3) is 0 Å². The molecule has 54 valence electrons. The normalized spacial score (nSPS) is 14.4. The van der Waals surface area contributed by atoms with Crippen LogP contribution in [0.2, 0.25) is 0 Å². The van der Waals surface area contributed by atoms with Crippen LogP contribution in [0, 0.1) is 16.2 Å². The van der Waals surface area contributed by atoms with Gasteiger partial charge in [0.05, 0.1) is 6.07 Å². The fourth-order valence-corrected chi connectivity index (χ4v) is 0.372. The van der Waals surface area contributed by atoms with Gasteiger partial charge >= 0.3 is 0 Å². The van der Waals surface area contributed by atoms with Gasteiger partial charge in [-0.3, -0.25) is 4.79 Å². The number of carbonyl (C=O) groups is 1. The maximum absolute atomic E-state index is 9.85. The Morgan fingerprint density at radius 2 is 2.50 bits per heavy atom. The maximum Gasteiger partial charge on any atom is 0.208 e. The highest BCUT2D eigenvalue weighted by Crippen LogP contribution is 1.99. The minimum absolute atomic E-state index is 0.234. The van der Waals surface area contributed by atoms with Crippen molar-refractivity contribution in [2.45, 2.75) is 12.5 Å². The molecule has 0 spiro atoms. The number of hydrogen-bond acceptors (Lipinski definition) is 4. The largest absolute Gasteiger partial charge is 0.339 e. The summed E-state index contributed by atoms with van der Waals surface area (Å²) in [5.41, 5.74) is -1.15. The Hall–Kier alpha value is -1.44. The molecule has 10 heavy (non-hydrogen) atoms. The van der Waals surface area contributed by atoms with Crippen molar-refractivity contribution >= 4 is 6.41 Å². The average molecular weight is 141 g/mol. The van der Waals surface area contributed by atoms with Crippen LogP contribution in [0.25, 0.3) is 0 Å². The molecular weight excluding hydrogens is 134 g/mol. The van der Waals surface area contributed by atoms with E-state index in [4.69, 9.17) is 5.26 Å². The molecule has 1 amide bonds. The summed E-state index contributed by atoms with van der Waals surface area (Å²) in [6, 6.07) is 1.74. The molecule has 1 atom stereocenters. The first-order chi connectivity index (χ1) is 4.68. The first-order valence-electron chi connectivity index (χ1n) is 2.60. The summed E-state index contributed by atoms with van der Waals surface area (Å²) in [6.45, 7) is 1.19. The van der Waals surface area contributed by atoms with E-state index < -0.39 is 5.54 Å². The highest BCUT2D eigenvalue weighted by molar-refractivity contribution is 5.49. The van der Waals surface area contributed by atoms with Crippen LogP contribution in [0.3, 0.4) is 0 Å². The van der Waals surface area contributed by atoms with Gasteiger partial charge in [0.1, 0.15) is 12.1 Å². The van der Waals surface area contributed by atoms with Gasteiger partial charge in [-0.25, -0.2) is 0 Å². The molecule has 0 radical (unpaired) electrons.